The van der Waals surface area contributed by atoms with E-state index in [0.29, 0.717) is 6.42 Å². The van der Waals surface area contributed by atoms with Crippen LogP contribution in [-0.2, 0) is 6.54 Å². The van der Waals surface area contributed by atoms with Gasteiger partial charge in [-0.1, -0.05) is 0 Å². The fraction of sp³-hybridized carbons (Fsp3) is 0.636. The average molecular weight is 208 g/mol. The number of nitrogens with one attached hydrogen (secondary N) is 1. The standard InChI is InChI=1S/C11H20N4/c1-8-9(2)14-15(10(8)3)7-5-4-6-11(12)13/h4-7H2,1-3H3,(H3,12,13). The van der Waals surface area contributed by atoms with Crippen molar-refractivity contribution in [3.63, 3.8) is 0 Å². The molecule has 4 heteroatoms. The highest BCUT2D eigenvalue weighted by molar-refractivity contribution is 5.76. The van der Waals surface area contributed by atoms with Gasteiger partial charge < -0.3 is 5.73 Å². The first-order chi connectivity index (χ1) is 7.02. The molecule has 4 nitrogen and oxygen atoms in total. The van der Waals surface area contributed by atoms with Crippen LogP contribution in [0.2, 0.25) is 0 Å². The third kappa shape index (κ3) is 3.08. The number of nitrogens with two attached hydrogens (primary N) is 1. The normalized spacial score (nSPS) is 10.6. The number of rotatable bonds is 5. The van der Waals surface area contributed by atoms with Crippen molar-refractivity contribution >= 4 is 5.84 Å². The molecule has 15 heavy (non-hydrogen) atoms. The van der Waals surface area contributed by atoms with Gasteiger partial charge in [0.05, 0.1) is 11.5 Å². The van der Waals surface area contributed by atoms with E-state index in [4.69, 9.17) is 11.1 Å². The van der Waals surface area contributed by atoms with E-state index in [1.54, 1.807) is 0 Å². The van der Waals surface area contributed by atoms with Crippen LogP contribution in [0.3, 0.4) is 0 Å². The van der Waals surface area contributed by atoms with Gasteiger partial charge in [-0.15, -0.1) is 0 Å². The molecule has 0 saturated carbocycles. The molecule has 1 heterocycles. The molecule has 3 N–H and O–H groups in total. The summed E-state index contributed by atoms with van der Waals surface area (Å²) < 4.78 is 2.05. The summed E-state index contributed by atoms with van der Waals surface area (Å²) in [5.41, 5.74) is 8.93. The minimum absolute atomic E-state index is 0.277. The predicted molar refractivity (Wildman–Crippen MR) is 62.2 cm³/mol. The lowest BCUT2D eigenvalue weighted by Gasteiger charge is -2.04. The van der Waals surface area contributed by atoms with Crippen LogP contribution in [0.15, 0.2) is 0 Å². The summed E-state index contributed by atoms with van der Waals surface area (Å²) in [6.45, 7) is 7.16. The van der Waals surface area contributed by atoms with Crippen LogP contribution >= 0.6 is 0 Å². The maximum Gasteiger partial charge on any atom is 0.0905 e. The third-order valence-electron chi connectivity index (χ3n) is 2.81. The number of unbranched alkanes of at least 4 members (excludes halogenated alkanes) is 1. The van der Waals surface area contributed by atoms with E-state index >= 15 is 0 Å². The largest absolute Gasteiger partial charge is 0.388 e. The van der Waals surface area contributed by atoms with Crippen molar-refractivity contribution in [3.05, 3.63) is 17.0 Å². The van der Waals surface area contributed by atoms with Gasteiger partial charge in [0.1, 0.15) is 0 Å². The molecule has 84 valence electrons. The van der Waals surface area contributed by atoms with E-state index < -0.39 is 0 Å². The second-order valence-corrected chi connectivity index (χ2v) is 4.00. The van der Waals surface area contributed by atoms with Gasteiger partial charge in [-0.3, -0.25) is 10.1 Å². The molecular formula is C11H20N4. The summed E-state index contributed by atoms with van der Waals surface area (Å²) in [7, 11) is 0. The zero-order valence-electron chi connectivity index (χ0n) is 9.80. The fourth-order valence-corrected chi connectivity index (χ4v) is 1.58. The first kappa shape index (κ1) is 11.8. The van der Waals surface area contributed by atoms with Crippen LogP contribution in [-0.4, -0.2) is 15.6 Å². The van der Waals surface area contributed by atoms with Gasteiger partial charge in [0.15, 0.2) is 0 Å². The maximum absolute atomic E-state index is 7.11. The van der Waals surface area contributed by atoms with E-state index in [1.165, 1.54) is 11.3 Å². The lowest BCUT2D eigenvalue weighted by Crippen LogP contribution is -2.10. The SMILES string of the molecule is Cc1nn(CCCCC(=N)N)c(C)c1C. The predicted octanol–water partition coefficient (Wildman–Crippen LogP) is 1.91. The lowest BCUT2D eigenvalue weighted by atomic mass is 10.2. The summed E-state index contributed by atoms with van der Waals surface area (Å²) >= 11 is 0. The summed E-state index contributed by atoms with van der Waals surface area (Å²) in [4.78, 5) is 0. The second kappa shape index (κ2) is 4.96. The minimum atomic E-state index is 0.277. The van der Waals surface area contributed by atoms with E-state index in [9.17, 15) is 0 Å². The first-order valence-corrected chi connectivity index (χ1v) is 5.36. The number of hydrogen-bond acceptors (Lipinski definition) is 2. The molecule has 0 aliphatic carbocycles. The van der Waals surface area contributed by atoms with E-state index in [0.717, 1.165) is 25.1 Å². The molecule has 0 amide bonds. The zero-order valence-corrected chi connectivity index (χ0v) is 9.80. The van der Waals surface area contributed by atoms with E-state index in [1.807, 2.05) is 11.6 Å². The van der Waals surface area contributed by atoms with Crippen LogP contribution < -0.4 is 5.73 Å². The van der Waals surface area contributed by atoms with Crippen molar-refractivity contribution in [2.24, 2.45) is 5.73 Å². The Bertz CT molecular complexity index is 352. The molecule has 0 aromatic carbocycles. The van der Waals surface area contributed by atoms with Crippen LogP contribution in [0.4, 0.5) is 0 Å². The molecule has 1 aromatic rings. The van der Waals surface area contributed by atoms with Crippen LogP contribution in [0, 0.1) is 26.2 Å². The van der Waals surface area contributed by atoms with Crippen molar-refractivity contribution in [1.29, 1.82) is 5.41 Å². The van der Waals surface area contributed by atoms with Gasteiger partial charge in [0.25, 0.3) is 0 Å². The smallest absolute Gasteiger partial charge is 0.0905 e. The van der Waals surface area contributed by atoms with Crippen LogP contribution in [0.1, 0.15) is 36.2 Å². The van der Waals surface area contributed by atoms with E-state index in [2.05, 4.69) is 18.9 Å². The molecule has 0 saturated heterocycles. The van der Waals surface area contributed by atoms with Crippen molar-refractivity contribution < 1.29 is 0 Å². The lowest BCUT2D eigenvalue weighted by molar-refractivity contribution is 0.548. The van der Waals surface area contributed by atoms with Crippen LogP contribution in [0.5, 0.6) is 0 Å². The summed E-state index contributed by atoms with van der Waals surface area (Å²) in [5, 5.41) is 11.6. The van der Waals surface area contributed by atoms with Crippen molar-refractivity contribution in [1.82, 2.24) is 9.78 Å². The minimum Gasteiger partial charge on any atom is -0.388 e. The Morgan fingerprint density at radius 2 is 2.00 bits per heavy atom. The Morgan fingerprint density at radius 3 is 2.47 bits per heavy atom. The number of aromatic nitrogens is 2. The Morgan fingerprint density at radius 1 is 1.33 bits per heavy atom. The van der Waals surface area contributed by atoms with Gasteiger partial charge in [-0.25, -0.2) is 0 Å². The molecule has 0 aliphatic heterocycles. The Kier molecular flexibility index (Phi) is 3.88. The molecule has 0 bridgehead atoms. The molecule has 0 radical (unpaired) electrons. The van der Waals surface area contributed by atoms with Gasteiger partial charge in [-0.05, 0) is 39.2 Å². The van der Waals surface area contributed by atoms with Crippen molar-refractivity contribution in [2.75, 3.05) is 0 Å². The highest BCUT2D eigenvalue weighted by Crippen LogP contribution is 2.11. The zero-order chi connectivity index (χ0) is 11.4. The second-order valence-electron chi connectivity index (χ2n) is 4.00. The van der Waals surface area contributed by atoms with Gasteiger partial charge in [0, 0.05) is 18.7 Å². The van der Waals surface area contributed by atoms with E-state index in [-0.39, 0.29) is 5.84 Å². The average Bonchev–Trinajstić information content (AvgIpc) is 2.41. The highest BCUT2D eigenvalue weighted by atomic mass is 15.3. The Hall–Kier alpha value is -1.32. The number of nitrogens with zero attached hydrogens (tertiary/aromatic N) is 2. The number of aryl methyl sites for hydroxylation is 2. The van der Waals surface area contributed by atoms with Gasteiger partial charge >= 0.3 is 0 Å². The quantitative estimate of drug-likeness (QED) is 0.441. The molecular weight excluding hydrogens is 188 g/mol. The first-order valence-electron chi connectivity index (χ1n) is 5.36. The molecule has 1 aromatic heterocycles. The molecule has 0 atom stereocenters. The monoisotopic (exact) mass is 208 g/mol. The number of amidine groups is 1. The molecule has 0 spiro atoms. The highest BCUT2D eigenvalue weighted by Gasteiger charge is 2.06. The molecule has 0 aliphatic rings. The van der Waals surface area contributed by atoms with Crippen molar-refractivity contribution in [2.45, 2.75) is 46.6 Å². The third-order valence-corrected chi connectivity index (χ3v) is 2.81. The fourth-order valence-electron chi connectivity index (χ4n) is 1.58. The van der Waals surface area contributed by atoms with Crippen molar-refractivity contribution in [3.8, 4) is 0 Å². The summed E-state index contributed by atoms with van der Waals surface area (Å²) in [5.74, 6) is 0.277. The molecule has 0 fully saturated rings. The summed E-state index contributed by atoms with van der Waals surface area (Å²) in [6.07, 6.45) is 2.69. The topological polar surface area (TPSA) is 67.7 Å². The van der Waals surface area contributed by atoms with Gasteiger partial charge in [0.2, 0.25) is 0 Å². The molecule has 0 unspecified atom stereocenters. The molecule has 1 rings (SSSR count). The van der Waals surface area contributed by atoms with Gasteiger partial charge in [-0.2, -0.15) is 5.10 Å². The maximum atomic E-state index is 7.11. The summed E-state index contributed by atoms with van der Waals surface area (Å²) in [6, 6.07) is 0. The number of hydrogen-bond donors (Lipinski definition) is 2. The van der Waals surface area contributed by atoms with Crippen LogP contribution in [0.25, 0.3) is 0 Å². The Labute approximate surface area is 91.0 Å². The Balaban J connectivity index is 2.44.